The molecule has 626 valence electrons. The fraction of sp³-hybridized carbons (Fsp3) is 0.212. The summed E-state index contributed by atoms with van der Waals surface area (Å²) in [5.74, 6) is -0.555. The number of aromatic hydroxyl groups is 6. The summed E-state index contributed by atoms with van der Waals surface area (Å²) >= 11 is 0. The maximum Gasteiger partial charge on any atom is 0.586 e. The number of benzene rings is 9. The van der Waals surface area contributed by atoms with Crippen molar-refractivity contribution in [2.24, 2.45) is 7.05 Å². The number of aromatic nitrogens is 12. The normalized spacial score (nSPS) is 14.8. The quantitative estimate of drug-likeness (QED) is 0.0715. The van der Waals surface area contributed by atoms with Gasteiger partial charge in [0.2, 0.25) is 0 Å². The van der Waals surface area contributed by atoms with Crippen molar-refractivity contribution in [1.29, 1.82) is 0 Å². The molecule has 0 radical (unpaired) electrons. The number of phenols is 6. The van der Waals surface area contributed by atoms with Crippen molar-refractivity contribution in [3.63, 3.8) is 0 Å². The van der Waals surface area contributed by atoms with Gasteiger partial charge >= 0.3 is 6.29 Å². The molecule has 12 heterocycles. The van der Waals surface area contributed by atoms with Crippen molar-refractivity contribution in [1.82, 2.24) is 59.4 Å². The second kappa shape index (κ2) is 31.2. The highest BCUT2D eigenvalue weighted by Crippen LogP contribution is 2.49. The standard InChI is InChI=1S/C22H16F2N2O2.C21H18N2O3.C21H18N2O2.C21H18N2O.C19H18N4/c23-22(24)27-18-8-5-12(11-19(18)28-22)21-14-4-2-1-3-13(14)20-15-9-10-25-16(15)6-7-17(20)26-21;24-17-9-11(10-18(25)21(17)26)20-13-4-2-1-3-12(13)19-14-7-8-22-15(14)5-6-16(19)23-20;24-12-5-6-16(19(25)11-12)21-14-4-2-1-3-13(14)20-15-9-10-22-17(15)7-8-18(20)23-21;24-14-7-5-13(6-8-14)20-16-4-2-1-3-15(16)17-9-10-19-18(11-12-22-19)21(17)23-20;1-23-11-20-10-17(23)19-13-5-3-2-4-12(13)18-14-8-9-21-15(14)6-7-16(18)22-19/h5-11,26H,1-4H2;5-10,23-26H,1-4H2;5-11,23-25H,1-4H2;5-12,22,24H,1-4H2;6-11,22H,2-5H2,1H3. The molecule has 6 aliphatic rings. The number of nitrogens with zero attached hydrogens (tertiary/aromatic N) is 7. The molecule has 0 fully saturated rings. The third-order valence-electron chi connectivity index (χ3n) is 26.6. The number of halogens is 2. The number of hydrogen-bond donors (Lipinski definition) is 11. The van der Waals surface area contributed by atoms with E-state index in [1.807, 2.05) is 86.0 Å². The van der Waals surface area contributed by atoms with E-state index in [2.05, 4.69) is 132 Å². The van der Waals surface area contributed by atoms with E-state index in [1.165, 1.54) is 160 Å². The second-order valence-electron chi connectivity index (χ2n) is 34.0. The van der Waals surface area contributed by atoms with Gasteiger partial charge in [0.05, 0.1) is 62.9 Å². The molecule has 0 saturated carbocycles. The number of fused-ring (bicyclic) bond motifs is 26. The highest BCUT2D eigenvalue weighted by molar-refractivity contribution is 6.12. The average Bonchev–Trinajstić information content (AvgIpc) is 1.44. The van der Waals surface area contributed by atoms with E-state index in [0.717, 1.165) is 202 Å². The van der Waals surface area contributed by atoms with Crippen LogP contribution in [0.15, 0.2) is 207 Å². The first-order valence-corrected chi connectivity index (χ1v) is 43.6. The lowest BCUT2D eigenvalue weighted by molar-refractivity contribution is -0.286. The SMILES string of the molecule is Cn1cncc1-c1[nH]c2ccc3nccc3c2c2c1CCCC2.FC1(F)Oc2ccc(-c3[nH]c4ccc5nccc5c4c4c3CCCC4)cc2O1.Oc1cc(-c2[nH]c3ccc4nccc4c3c3c2CCCC3)cc(O)c1O.Oc1ccc(-c2[nH]c3ccc4nccc4c3c3c2CCCC3)c(O)c1.Oc1ccc(-c2nc3c(ccc4[nH]ccc43)c3c2CCCC3)cc1. The number of hydrogen-bond acceptors (Lipinski definition) is 14. The van der Waals surface area contributed by atoms with Gasteiger partial charge in [-0.2, -0.15) is 0 Å². The van der Waals surface area contributed by atoms with E-state index in [0.29, 0.717) is 11.3 Å². The molecule has 9 aromatic carbocycles. The minimum Gasteiger partial charge on any atom is -0.508 e. The number of imidazole rings is 1. The zero-order valence-electron chi connectivity index (χ0n) is 69.2. The summed E-state index contributed by atoms with van der Waals surface area (Å²) in [6.45, 7) is 0. The highest BCUT2D eigenvalue weighted by Gasteiger charge is 2.44. The molecule has 11 N–H and O–H groups in total. The Labute approximate surface area is 720 Å². The first-order valence-electron chi connectivity index (χ1n) is 43.6. The Bertz CT molecular complexity index is 7770. The van der Waals surface area contributed by atoms with Gasteiger partial charge in [-0.05, 0) is 336 Å². The summed E-state index contributed by atoms with van der Waals surface area (Å²) in [6, 6.07) is 51.5. The summed E-state index contributed by atoms with van der Waals surface area (Å²) in [7, 11) is 2.06. The molecule has 126 heavy (non-hydrogen) atoms. The van der Waals surface area contributed by atoms with Gasteiger partial charge in [-0.3, -0.25) is 19.9 Å². The van der Waals surface area contributed by atoms with E-state index >= 15 is 0 Å². The van der Waals surface area contributed by atoms with E-state index in [-0.39, 0.29) is 34.5 Å². The Morgan fingerprint density at radius 3 is 1.29 bits per heavy atom. The number of rotatable bonds is 5. The number of pyridine rings is 5. The van der Waals surface area contributed by atoms with Gasteiger partial charge < -0.3 is 69.6 Å². The highest BCUT2D eigenvalue weighted by atomic mass is 19.3. The van der Waals surface area contributed by atoms with Crippen LogP contribution < -0.4 is 9.47 Å². The molecule has 22 heteroatoms. The lowest BCUT2D eigenvalue weighted by Gasteiger charge is -2.23. The summed E-state index contributed by atoms with van der Waals surface area (Å²) < 4.78 is 38.1. The Morgan fingerprint density at radius 1 is 0.357 bits per heavy atom. The second-order valence-corrected chi connectivity index (χ2v) is 34.0. The molecule has 0 bridgehead atoms. The van der Waals surface area contributed by atoms with Gasteiger partial charge in [-0.25, -0.2) is 9.97 Å². The smallest absolute Gasteiger partial charge is 0.508 e. The van der Waals surface area contributed by atoms with Crippen LogP contribution in [0.3, 0.4) is 0 Å². The average molecular weight is 1670 g/mol. The van der Waals surface area contributed by atoms with Crippen molar-refractivity contribution < 1.29 is 48.9 Å². The molecule has 5 aliphatic carbocycles. The fourth-order valence-corrected chi connectivity index (χ4v) is 20.8. The van der Waals surface area contributed by atoms with Gasteiger partial charge in [0, 0.05) is 159 Å². The Morgan fingerprint density at radius 2 is 0.786 bits per heavy atom. The number of alkyl halides is 2. The number of ether oxygens (including phenoxy) is 2. The zero-order valence-corrected chi connectivity index (χ0v) is 69.2. The van der Waals surface area contributed by atoms with E-state index < -0.39 is 12.0 Å². The van der Waals surface area contributed by atoms with E-state index in [1.54, 1.807) is 42.5 Å². The van der Waals surface area contributed by atoms with Crippen LogP contribution >= 0.6 is 0 Å². The molecule has 0 unspecified atom stereocenters. The summed E-state index contributed by atoms with van der Waals surface area (Å²) in [4.78, 5) is 44.7. The van der Waals surface area contributed by atoms with Crippen molar-refractivity contribution in [3.05, 3.63) is 263 Å². The predicted octanol–water partition coefficient (Wildman–Crippen LogP) is 23.6. The molecule has 0 amide bonds. The number of aryl methyl sites for hydroxylation is 6. The minimum absolute atomic E-state index is 0.0629. The Hall–Kier alpha value is -14.8. The van der Waals surface area contributed by atoms with Crippen LogP contribution in [-0.2, 0) is 71.3 Å². The lowest BCUT2D eigenvalue weighted by Crippen LogP contribution is -2.25. The molecule has 1 aliphatic heterocycles. The monoisotopic (exact) mass is 1670 g/mol. The van der Waals surface area contributed by atoms with Crippen LogP contribution in [-0.4, -0.2) is 96.3 Å². The van der Waals surface area contributed by atoms with Crippen molar-refractivity contribution in [3.8, 4) is 102 Å². The number of nitrogens with one attached hydrogen (secondary N) is 5. The third-order valence-corrected chi connectivity index (χ3v) is 26.6. The molecule has 20 nitrogen and oxygen atoms in total. The van der Waals surface area contributed by atoms with Gasteiger partial charge in [0.1, 0.15) is 17.2 Å². The predicted molar refractivity (Wildman–Crippen MR) is 491 cm³/mol. The topological polar surface area (TPSA) is 301 Å². The molecule has 0 saturated heterocycles. The number of H-pyrrole nitrogens is 5. The van der Waals surface area contributed by atoms with E-state index in [9.17, 15) is 39.4 Å². The van der Waals surface area contributed by atoms with E-state index in [4.69, 9.17) is 4.98 Å². The molecular formula is C104H88F2N12O8. The Kier molecular flexibility index (Phi) is 19.1. The molecule has 0 spiro atoms. The van der Waals surface area contributed by atoms with Gasteiger partial charge in [0.15, 0.2) is 28.7 Å². The lowest BCUT2D eigenvalue weighted by atomic mass is 9.85. The van der Waals surface area contributed by atoms with Gasteiger partial charge in [-0.15, -0.1) is 8.78 Å². The maximum atomic E-state index is 13.4. The van der Waals surface area contributed by atoms with Gasteiger partial charge in [-0.1, -0.05) is 6.07 Å². The first-order chi connectivity index (χ1) is 61.6. The van der Waals surface area contributed by atoms with Crippen LogP contribution in [0.1, 0.15) is 120 Å². The van der Waals surface area contributed by atoms with Crippen LogP contribution in [0.25, 0.3) is 165 Å². The van der Waals surface area contributed by atoms with Gasteiger partial charge in [0.25, 0.3) is 0 Å². The summed E-state index contributed by atoms with van der Waals surface area (Å²) in [6.07, 6.45) is 31.8. The van der Waals surface area contributed by atoms with Crippen LogP contribution in [0, 0.1) is 0 Å². The first kappa shape index (κ1) is 77.3. The summed E-state index contributed by atoms with van der Waals surface area (Å²) in [5.41, 5.74) is 33.7. The van der Waals surface area contributed by atoms with Crippen molar-refractivity contribution in [2.75, 3.05) is 0 Å². The molecule has 11 aromatic heterocycles. The Balaban J connectivity index is 0.0000000933. The maximum absolute atomic E-state index is 13.4. The van der Waals surface area contributed by atoms with Crippen molar-refractivity contribution >= 4 is 109 Å². The largest absolute Gasteiger partial charge is 0.586 e. The summed E-state index contributed by atoms with van der Waals surface area (Å²) in [5, 5.41) is 71.4. The third kappa shape index (κ3) is 13.5. The van der Waals surface area contributed by atoms with Crippen LogP contribution in [0.5, 0.6) is 46.0 Å². The zero-order chi connectivity index (χ0) is 85.2. The van der Waals surface area contributed by atoms with Crippen molar-refractivity contribution in [2.45, 2.75) is 135 Å². The fourth-order valence-electron chi connectivity index (χ4n) is 20.8. The van der Waals surface area contributed by atoms with Crippen LogP contribution in [0.2, 0.25) is 0 Å². The molecular weight excluding hydrogens is 1580 g/mol. The van der Waals surface area contributed by atoms with Crippen LogP contribution in [0.4, 0.5) is 8.78 Å². The number of phenolic OH excluding ortho intramolecular Hbond substituents is 6. The molecule has 0 atom stereocenters. The molecule has 20 aromatic rings. The minimum atomic E-state index is -3.61. The molecule has 26 rings (SSSR count). The number of aromatic amines is 5.